The van der Waals surface area contributed by atoms with Gasteiger partial charge in [-0.3, -0.25) is 0 Å². The van der Waals surface area contributed by atoms with E-state index in [0.717, 1.165) is 30.4 Å². The minimum atomic E-state index is 0.745. The van der Waals surface area contributed by atoms with Crippen LogP contribution in [0.25, 0.3) is 5.69 Å². The molecule has 0 atom stereocenters. The van der Waals surface area contributed by atoms with Crippen LogP contribution < -0.4 is 5.32 Å². The monoisotopic (exact) mass is 315 g/mol. The van der Waals surface area contributed by atoms with E-state index in [1.807, 2.05) is 10.7 Å². The normalized spacial score (nSPS) is 16.0. The number of thioether (sulfide) groups is 1. The zero-order valence-corrected chi connectivity index (χ0v) is 14.1. The lowest BCUT2D eigenvalue weighted by molar-refractivity contribution is 0.477. The highest BCUT2D eigenvalue weighted by Crippen LogP contribution is 2.17. The number of para-hydroxylation sites is 1. The van der Waals surface area contributed by atoms with Crippen LogP contribution in [0, 0.1) is 6.92 Å². The van der Waals surface area contributed by atoms with Crippen LogP contribution in [0.4, 0.5) is 0 Å². The molecule has 0 radical (unpaired) electrons. The minimum Gasteiger partial charge on any atom is -0.314 e. The number of benzene rings is 1. The zero-order valence-electron chi connectivity index (χ0n) is 13.3. The van der Waals surface area contributed by atoms with Crippen LogP contribution >= 0.6 is 11.8 Å². The van der Waals surface area contributed by atoms with E-state index in [9.17, 15) is 0 Å². The molecule has 1 saturated heterocycles. The molecule has 0 unspecified atom stereocenters. The second-order valence-corrected chi connectivity index (χ2v) is 7.19. The lowest BCUT2D eigenvalue weighted by Gasteiger charge is -2.22. The molecule has 1 aliphatic rings. The van der Waals surface area contributed by atoms with E-state index in [-0.39, 0.29) is 0 Å². The molecule has 0 spiro atoms. The molecule has 22 heavy (non-hydrogen) atoms. The molecule has 3 nitrogen and oxygen atoms in total. The van der Waals surface area contributed by atoms with Gasteiger partial charge in [0.15, 0.2) is 0 Å². The van der Waals surface area contributed by atoms with Crippen molar-refractivity contribution in [1.82, 2.24) is 15.1 Å². The molecule has 1 aliphatic heterocycles. The highest BCUT2D eigenvalue weighted by molar-refractivity contribution is 7.99. The molecule has 1 fully saturated rings. The Kier molecular flexibility index (Phi) is 5.57. The number of rotatable bonds is 6. The van der Waals surface area contributed by atoms with Crippen molar-refractivity contribution in [3.8, 4) is 5.69 Å². The van der Waals surface area contributed by atoms with Gasteiger partial charge in [0.2, 0.25) is 0 Å². The molecule has 0 bridgehead atoms. The van der Waals surface area contributed by atoms with Gasteiger partial charge < -0.3 is 5.32 Å². The summed E-state index contributed by atoms with van der Waals surface area (Å²) in [6.45, 7) is 3.23. The molecule has 0 amide bonds. The number of aromatic nitrogens is 2. The second-order valence-electron chi connectivity index (χ2n) is 5.96. The van der Waals surface area contributed by atoms with Crippen molar-refractivity contribution >= 4 is 11.8 Å². The van der Waals surface area contributed by atoms with Crippen molar-refractivity contribution in [2.24, 2.45) is 0 Å². The third kappa shape index (κ3) is 4.14. The van der Waals surface area contributed by atoms with Crippen molar-refractivity contribution in [2.75, 3.05) is 18.1 Å². The van der Waals surface area contributed by atoms with E-state index in [2.05, 4.69) is 59.6 Å². The maximum absolute atomic E-state index is 4.64. The van der Waals surface area contributed by atoms with Crippen LogP contribution in [0.15, 0.2) is 36.5 Å². The van der Waals surface area contributed by atoms with Crippen LogP contribution in [0.3, 0.4) is 0 Å². The summed E-state index contributed by atoms with van der Waals surface area (Å²) in [4.78, 5) is 0. The number of hydrogen-bond donors (Lipinski definition) is 1. The van der Waals surface area contributed by atoms with Gasteiger partial charge in [0, 0.05) is 12.2 Å². The SMILES string of the molecule is Cc1nn(-c2ccccc2)cc1CCCNC1CCSCC1. The van der Waals surface area contributed by atoms with E-state index in [0.29, 0.717) is 0 Å². The molecular formula is C18H25N3S. The lowest BCUT2D eigenvalue weighted by atomic mass is 10.1. The summed E-state index contributed by atoms with van der Waals surface area (Å²) < 4.78 is 2.00. The number of nitrogens with one attached hydrogen (secondary N) is 1. The van der Waals surface area contributed by atoms with Gasteiger partial charge in [-0.25, -0.2) is 4.68 Å². The highest BCUT2D eigenvalue weighted by Gasteiger charge is 2.12. The molecule has 0 saturated carbocycles. The van der Waals surface area contributed by atoms with E-state index in [1.165, 1.54) is 36.3 Å². The summed E-state index contributed by atoms with van der Waals surface area (Å²) in [5.41, 5.74) is 3.65. The van der Waals surface area contributed by atoms with Gasteiger partial charge in [-0.1, -0.05) is 18.2 Å². The molecule has 1 N–H and O–H groups in total. The maximum atomic E-state index is 4.64. The Morgan fingerprint density at radius 3 is 2.77 bits per heavy atom. The Morgan fingerprint density at radius 1 is 1.23 bits per heavy atom. The first-order valence-corrected chi connectivity index (χ1v) is 9.40. The summed E-state index contributed by atoms with van der Waals surface area (Å²) in [6.07, 6.45) is 7.13. The Hall–Kier alpha value is -1.26. The summed E-state index contributed by atoms with van der Waals surface area (Å²) in [5.74, 6) is 2.64. The van der Waals surface area contributed by atoms with Crippen LogP contribution in [-0.2, 0) is 6.42 Å². The molecular weight excluding hydrogens is 290 g/mol. The van der Waals surface area contributed by atoms with Crippen LogP contribution in [-0.4, -0.2) is 33.9 Å². The second kappa shape index (κ2) is 7.84. The molecule has 1 aromatic heterocycles. The van der Waals surface area contributed by atoms with Gasteiger partial charge in [-0.15, -0.1) is 0 Å². The predicted octanol–water partition coefficient (Wildman–Crippen LogP) is 3.60. The van der Waals surface area contributed by atoms with Crippen molar-refractivity contribution in [2.45, 2.75) is 38.6 Å². The highest BCUT2D eigenvalue weighted by atomic mass is 32.2. The summed E-state index contributed by atoms with van der Waals surface area (Å²) in [5, 5.41) is 8.35. The molecule has 1 aromatic carbocycles. The van der Waals surface area contributed by atoms with Crippen LogP contribution in [0.2, 0.25) is 0 Å². The fourth-order valence-corrected chi connectivity index (χ4v) is 4.05. The van der Waals surface area contributed by atoms with Crippen LogP contribution in [0.1, 0.15) is 30.5 Å². The van der Waals surface area contributed by atoms with Gasteiger partial charge in [-0.05, 0) is 68.4 Å². The topological polar surface area (TPSA) is 29.9 Å². The van der Waals surface area contributed by atoms with Gasteiger partial charge in [0.25, 0.3) is 0 Å². The van der Waals surface area contributed by atoms with Gasteiger partial charge in [0.05, 0.1) is 11.4 Å². The summed E-state index contributed by atoms with van der Waals surface area (Å²) >= 11 is 2.09. The number of aryl methyl sites for hydroxylation is 2. The van der Waals surface area contributed by atoms with Crippen molar-refractivity contribution in [1.29, 1.82) is 0 Å². The molecule has 4 heteroatoms. The molecule has 2 aromatic rings. The molecule has 2 heterocycles. The van der Waals surface area contributed by atoms with Gasteiger partial charge >= 0.3 is 0 Å². The Labute approximate surface area is 137 Å². The third-order valence-electron chi connectivity index (χ3n) is 4.30. The molecule has 0 aliphatic carbocycles. The lowest BCUT2D eigenvalue weighted by Crippen LogP contribution is -2.33. The van der Waals surface area contributed by atoms with E-state index < -0.39 is 0 Å². The standard InChI is InChI=1S/C18H25N3S/c1-15-16(6-5-11-19-17-9-12-22-13-10-17)14-21(20-15)18-7-3-2-4-8-18/h2-4,7-8,14,17,19H,5-6,9-13H2,1H3. The average molecular weight is 315 g/mol. The smallest absolute Gasteiger partial charge is 0.0645 e. The maximum Gasteiger partial charge on any atom is 0.0645 e. The summed E-state index contributed by atoms with van der Waals surface area (Å²) in [7, 11) is 0. The molecule has 118 valence electrons. The Balaban J connectivity index is 1.49. The van der Waals surface area contributed by atoms with Gasteiger partial charge in [-0.2, -0.15) is 16.9 Å². The fourth-order valence-electron chi connectivity index (χ4n) is 2.94. The fraction of sp³-hybridized carbons (Fsp3) is 0.500. The zero-order chi connectivity index (χ0) is 15.2. The third-order valence-corrected chi connectivity index (χ3v) is 5.35. The van der Waals surface area contributed by atoms with Crippen molar-refractivity contribution in [3.05, 3.63) is 47.8 Å². The number of hydrogen-bond acceptors (Lipinski definition) is 3. The first-order valence-electron chi connectivity index (χ1n) is 8.24. The first kappa shape index (κ1) is 15.6. The predicted molar refractivity (Wildman–Crippen MR) is 95.0 cm³/mol. The van der Waals surface area contributed by atoms with Crippen molar-refractivity contribution < 1.29 is 0 Å². The molecule has 3 rings (SSSR count). The largest absolute Gasteiger partial charge is 0.314 e. The van der Waals surface area contributed by atoms with Gasteiger partial charge in [0.1, 0.15) is 0 Å². The Morgan fingerprint density at radius 2 is 2.00 bits per heavy atom. The first-order chi connectivity index (χ1) is 10.8. The quantitative estimate of drug-likeness (QED) is 0.826. The summed E-state index contributed by atoms with van der Waals surface area (Å²) in [6, 6.07) is 11.1. The minimum absolute atomic E-state index is 0.745. The van der Waals surface area contributed by atoms with Crippen LogP contribution in [0.5, 0.6) is 0 Å². The van der Waals surface area contributed by atoms with E-state index in [1.54, 1.807) is 0 Å². The van der Waals surface area contributed by atoms with E-state index >= 15 is 0 Å². The van der Waals surface area contributed by atoms with E-state index in [4.69, 9.17) is 0 Å². The van der Waals surface area contributed by atoms with Crippen molar-refractivity contribution in [3.63, 3.8) is 0 Å². The average Bonchev–Trinajstić information content (AvgIpc) is 2.94. The Bertz CT molecular complexity index is 573. The number of nitrogens with zero attached hydrogens (tertiary/aromatic N) is 2.